The van der Waals surface area contributed by atoms with Gasteiger partial charge in [-0.2, -0.15) is 17.2 Å². The number of hydrogen-bond donors (Lipinski definition) is 1. The molecule has 4 aliphatic carbocycles. The van der Waals surface area contributed by atoms with Crippen LogP contribution in [0.2, 0.25) is 0 Å². The van der Waals surface area contributed by atoms with E-state index in [0.717, 1.165) is 12.8 Å². The molecule has 0 radical (unpaired) electrons. The van der Waals surface area contributed by atoms with E-state index in [1.54, 1.807) is 23.5 Å². The second-order valence-corrected chi connectivity index (χ2v) is 13.3. The Kier molecular flexibility index (Phi) is 4.57. The SMILES string of the molecule is COC1C(=O)OC2SC3(SC21)C1CC2CC3CC(OC(=O)C(F)(F)S(=O)(=O)O)(C2)C1. The molecule has 168 valence electrons. The summed E-state index contributed by atoms with van der Waals surface area (Å²) in [6, 6.07) is 0. The van der Waals surface area contributed by atoms with Gasteiger partial charge in [0.15, 0.2) is 11.5 Å². The molecule has 4 bridgehead atoms. The van der Waals surface area contributed by atoms with Crippen molar-refractivity contribution in [2.45, 2.75) is 63.8 Å². The van der Waals surface area contributed by atoms with Gasteiger partial charge in [-0.15, -0.1) is 11.8 Å². The van der Waals surface area contributed by atoms with Gasteiger partial charge in [0.2, 0.25) is 0 Å². The molecule has 2 saturated heterocycles. The first-order valence-electron chi connectivity index (χ1n) is 9.58. The van der Waals surface area contributed by atoms with Crippen molar-refractivity contribution in [2.75, 3.05) is 7.11 Å². The summed E-state index contributed by atoms with van der Waals surface area (Å²) >= 11 is 3.24. The van der Waals surface area contributed by atoms with Crippen molar-refractivity contribution in [3.8, 4) is 0 Å². The minimum atomic E-state index is -5.91. The molecule has 8 nitrogen and oxygen atoms in total. The first-order chi connectivity index (χ1) is 13.9. The van der Waals surface area contributed by atoms with E-state index in [-0.39, 0.29) is 38.5 Å². The zero-order valence-corrected chi connectivity index (χ0v) is 18.2. The fourth-order valence-electron chi connectivity index (χ4n) is 6.11. The topological polar surface area (TPSA) is 116 Å². The number of carbonyl (C=O) groups excluding carboxylic acids is 2. The van der Waals surface area contributed by atoms with E-state index in [4.69, 9.17) is 18.8 Å². The number of rotatable bonds is 4. The average Bonchev–Trinajstić information content (AvgIpc) is 3.11. The first-order valence-corrected chi connectivity index (χ1v) is 12.8. The van der Waals surface area contributed by atoms with Crippen LogP contribution in [0.1, 0.15) is 32.1 Å². The normalized spacial score (nSPS) is 46.9. The summed E-state index contributed by atoms with van der Waals surface area (Å²) < 4.78 is 73.8. The number of hydrogen-bond acceptors (Lipinski definition) is 9. The molecule has 5 unspecified atom stereocenters. The number of methoxy groups -OCH3 is 1. The summed E-state index contributed by atoms with van der Waals surface area (Å²) in [5.41, 5.74) is -1.50. The molecule has 13 heteroatoms. The second-order valence-electron chi connectivity index (χ2n) is 8.79. The largest absolute Gasteiger partial charge is 0.465 e. The van der Waals surface area contributed by atoms with E-state index in [2.05, 4.69) is 0 Å². The quantitative estimate of drug-likeness (QED) is 0.467. The zero-order chi connectivity index (χ0) is 21.7. The maximum atomic E-state index is 13.8. The molecule has 4 saturated carbocycles. The van der Waals surface area contributed by atoms with Crippen LogP contribution in [0.3, 0.4) is 0 Å². The van der Waals surface area contributed by atoms with Crippen LogP contribution < -0.4 is 0 Å². The molecule has 0 amide bonds. The third kappa shape index (κ3) is 2.81. The molecule has 5 atom stereocenters. The van der Waals surface area contributed by atoms with E-state index in [9.17, 15) is 26.8 Å². The third-order valence-corrected chi connectivity index (χ3v) is 12.1. The number of alkyl halides is 2. The lowest BCUT2D eigenvalue weighted by atomic mass is 9.53. The molecular formula is C17H20F2O8S3. The number of halogens is 2. The lowest BCUT2D eigenvalue weighted by Crippen LogP contribution is -2.62. The number of ether oxygens (including phenoxy) is 3. The fourth-order valence-corrected chi connectivity index (χ4v) is 10.7. The van der Waals surface area contributed by atoms with Crippen LogP contribution in [0, 0.1) is 17.8 Å². The molecule has 2 aliphatic heterocycles. The minimum Gasteiger partial charge on any atom is -0.454 e. The number of thioether (sulfide) groups is 2. The highest BCUT2D eigenvalue weighted by Crippen LogP contribution is 2.73. The molecule has 6 fully saturated rings. The molecule has 2 heterocycles. The molecule has 1 spiro atoms. The molecule has 6 aliphatic rings. The standard InChI is InChI=1S/C17H20F2O8S3/c1-25-10-11-13(26-12(10)20)29-16(28-11)8-2-7-3-9(16)6-15(4-7,5-8)27-14(21)17(18,19)30(22,23)24/h7-11,13H,2-6H2,1H3,(H,22,23,24). The lowest BCUT2D eigenvalue weighted by Gasteiger charge is -2.63. The van der Waals surface area contributed by atoms with Crippen LogP contribution in [-0.2, 0) is 33.9 Å². The van der Waals surface area contributed by atoms with Gasteiger partial charge in [-0.25, -0.2) is 9.59 Å². The van der Waals surface area contributed by atoms with Crippen molar-refractivity contribution in [1.29, 1.82) is 0 Å². The van der Waals surface area contributed by atoms with Crippen molar-refractivity contribution in [3.05, 3.63) is 0 Å². The van der Waals surface area contributed by atoms with Gasteiger partial charge in [-0.3, -0.25) is 4.55 Å². The average molecular weight is 487 g/mol. The number of esters is 2. The highest BCUT2D eigenvalue weighted by molar-refractivity contribution is 8.22. The van der Waals surface area contributed by atoms with E-state index in [1.165, 1.54) is 7.11 Å². The Bertz CT molecular complexity index is 893. The van der Waals surface area contributed by atoms with Crippen molar-refractivity contribution in [3.63, 3.8) is 0 Å². The van der Waals surface area contributed by atoms with Crippen molar-refractivity contribution in [1.82, 2.24) is 0 Å². The minimum absolute atomic E-state index is 0.0349. The highest BCUT2D eigenvalue weighted by atomic mass is 32.2. The molecule has 1 N–H and O–H groups in total. The van der Waals surface area contributed by atoms with Gasteiger partial charge in [0, 0.05) is 7.11 Å². The van der Waals surface area contributed by atoms with Gasteiger partial charge in [-0.1, -0.05) is 11.8 Å². The summed E-state index contributed by atoms with van der Waals surface area (Å²) in [5, 5.41) is -5.16. The lowest BCUT2D eigenvalue weighted by molar-refractivity contribution is -0.202. The summed E-state index contributed by atoms with van der Waals surface area (Å²) in [7, 11) is -4.45. The Morgan fingerprint density at radius 2 is 1.87 bits per heavy atom. The fraction of sp³-hybridized carbons (Fsp3) is 0.882. The first kappa shape index (κ1) is 21.2. The Morgan fingerprint density at radius 3 is 2.43 bits per heavy atom. The van der Waals surface area contributed by atoms with Gasteiger partial charge in [0.05, 0.1) is 9.33 Å². The maximum absolute atomic E-state index is 13.8. The van der Waals surface area contributed by atoms with E-state index in [1.807, 2.05) is 0 Å². The van der Waals surface area contributed by atoms with Crippen LogP contribution >= 0.6 is 23.5 Å². The Balaban J connectivity index is 1.39. The van der Waals surface area contributed by atoms with Crippen molar-refractivity contribution < 1.29 is 45.6 Å². The monoisotopic (exact) mass is 486 g/mol. The second kappa shape index (κ2) is 6.46. The van der Waals surface area contributed by atoms with Gasteiger partial charge in [0.1, 0.15) is 5.60 Å². The summed E-state index contributed by atoms with van der Waals surface area (Å²) in [5.74, 6) is -2.36. The van der Waals surface area contributed by atoms with Crippen LogP contribution in [0.15, 0.2) is 0 Å². The van der Waals surface area contributed by atoms with Gasteiger partial charge >= 0.3 is 27.3 Å². The predicted octanol–water partition coefficient (Wildman–Crippen LogP) is 2.03. The van der Waals surface area contributed by atoms with Gasteiger partial charge in [0.25, 0.3) is 0 Å². The van der Waals surface area contributed by atoms with Crippen LogP contribution in [0.5, 0.6) is 0 Å². The molecule has 6 rings (SSSR count). The Hall–Kier alpha value is -0.630. The maximum Gasteiger partial charge on any atom is 0.465 e. The van der Waals surface area contributed by atoms with E-state index >= 15 is 0 Å². The Morgan fingerprint density at radius 1 is 1.23 bits per heavy atom. The van der Waals surface area contributed by atoms with Gasteiger partial charge < -0.3 is 14.2 Å². The summed E-state index contributed by atoms with van der Waals surface area (Å²) in [6.07, 6.45) is 2.10. The zero-order valence-electron chi connectivity index (χ0n) is 15.8. The molecular weight excluding hydrogens is 466 g/mol. The predicted molar refractivity (Wildman–Crippen MR) is 101 cm³/mol. The highest BCUT2D eigenvalue weighted by Gasteiger charge is 2.71. The summed E-state index contributed by atoms with van der Waals surface area (Å²) in [6.45, 7) is 0. The number of carbonyl (C=O) groups is 2. The van der Waals surface area contributed by atoms with E-state index in [0.29, 0.717) is 19.3 Å². The summed E-state index contributed by atoms with van der Waals surface area (Å²) in [4.78, 5) is 24.0. The molecule has 30 heavy (non-hydrogen) atoms. The van der Waals surface area contributed by atoms with Crippen LogP contribution in [-0.4, -0.2) is 63.7 Å². The Labute approximate surface area is 179 Å². The third-order valence-electron chi connectivity index (χ3n) is 7.05. The van der Waals surface area contributed by atoms with E-state index < -0.39 is 33.0 Å². The molecule has 0 aromatic heterocycles. The molecule has 0 aromatic rings. The molecule has 0 aromatic carbocycles. The smallest absolute Gasteiger partial charge is 0.454 e. The number of fused-ring (bicyclic) bond motifs is 1. The van der Waals surface area contributed by atoms with Crippen molar-refractivity contribution in [2.24, 2.45) is 17.8 Å². The van der Waals surface area contributed by atoms with Crippen molar-refractivity contribution >= 4 is 45.6 Å². The van der Waals surface area contributed by atoms with Gasteiger partial charge in [-0.05, 0) is 49.9 Å². The van der Waals surface area contributed by atoms with Crippen LogP contribution in [0.4, 0.5) is 8.78 Å². The van der Waals surface area contributed by atoms with Crippen LogP contribution in [0.25, 0.3) is 0 Å².